The summed E-state index contributed by atoms with van der Waals surface area (Å²) in [7, 11) is 0. The molecule has 0 radical (unpaired) electrons. The molecule has 0 aromatic heterocycles. The van der Waals surface area contributed by atoms with Gasteiger partial charge in [-0.15, -0.1) is 0 Å². The van der Waals surface area contributed by atoms with Gasteiger partial charge < -0.3 is 0 Å². The Kier molecular flexibility index (Phi) is 7.10. The van der Waals surface area contributed by atoms with Crippen molar-refractivity contribution in [1.82, 2.24) is 0 Å². The quantitative estimate of drug-likeness (QED) is 0.482. The molecule has 0 bridgehead atoms. The maximum absolute atomic E-state index is 2.33. The van der Waals surface area contributed by atoms with Gasteiger partial charge in [-0.1, -0.05) is 49.3 Å². The van der Waals surface area contributed by atoms with Crippen LogP contribution in [0.1, 0.15) is 51.4 Å². The molecule has 0 spiro atoms. The van der Waals surface area contributed by atoms with Gasteiger partial charge >= 0.3 is 0 Å². The molecule has 0 unspecified atom stereocenters. The molecule has 0 amide bonds. The van der Waals surface area contributed by atoms with Gasteiger partial charge in [-0.05, 0) is 38.5 Å². The van der Waals surface area contributed by atoms with Gasteiger partial charge in [0.2, 0.25) is 0 Å². The first-order chi connectivity index (χ1) is 7.00. The molecule has 0 atom stereocenters. The number of hydrogen-bond acceptors (Lipinski definition) is 0. The number of allylic oxidation sites excluding steroid dienone is 6. The normalized spacial score (nSPS) is 25.1. The molecule has 0 saturated carbocycles. The third-order valence-corrected chi connectivity index (χ3v) is 2.54. The lowest BCUT2D eigenvalue weighted by Gasteiger charge is -1.97. The van der Waals surface area contributed by atoms with Crippen molar-refractivity contribution in [2.24, 2.45) is 0 Å². The zero-order valence-corrected chi connectivity index (χ0v) is 9.12. The van der Waals surface area contributed by atoms with Crippen molar-refractivity contribution in [2.75, 3.05) is 0 Å². The molecule has 0 N–H and O–H groups in total. The van der Waals surface area contributed by atoms with E-state index in [1.165, 1.54) is 38.5 Å². The summed E-state index contributed by atoms with van der Waals surface area (Å²) in [4.78, 5) is 0. The molecule has 0 nitrogen and oxygen atoms in total. The Morgan fingerprint density at radius 1 is 0.429 bits per heavy atom. The molecule has 0 saturated heterocycles. The van der Waals surface area contributed by atoms with E-state index >= 15 is 0 Å². The fraction of sp³-hybridized carbons (Fsp3) is 0.571. The smallest absolute Gasteiger partial charge is 0.0169 e. The minimum Gasteiger partial charge on any atom is -0.0882 e. The molecule has 0 aromatic carbocycles. The van der Waals surface area contributed by atoms with Crippen molar-refractivity contribution in [2.45, 2.75) is 51.4 Å². The lowest BCUT2D eigenvalue weighted by Crippen LogP contribution is -1.77. The highest BCUT2D eigenvalue weighted by molar-refractivity contribution is 4.97. The zero-order chi connectivity index (χ0) is 9.90. The van der Waals surface area contributed by atoms with E-state index in [2.05, 4.69) is 36.5 Å². The summed E-state index contributed by atoms with van der Waals surface area (Å²) < 4.78 is 0. The predicted molar refractivity (Wildman–Crippen MR) is 64.4 cm³/mol. The summed E-state index contributed by atoms with van der Waals surface area (Å²) in [6.07, 6.45) is 24.0. The van der Waals surface area contributed by atoms with Crippen LogP contribution >= 0.6 is 0 Å². The Bertz CT molecular complexity index is 174. The van der Waals surface area contributed by atoms with Crippen LogP contribution in [-0.2, 0) is 0 Å². The largest absolute Gasteiger partial charge is 0.0882 e. The maximum atomic E-state index is 2.33. The number of hydrogen-bond donors (Lipinski definition) is 0. The van der Waals surface area contributed by atoms with Gasteiger partial charge in [0.05, 0.1) is 0 Å². The van der Waals surface area contributed by atoms with Crippen LogP contribution in [0.15, 0.2) is 36.5 Å². The molecule has 1 rings (SSSR count). The second-order valence-corrected chi connectivity index (χ2v) is 3.88. The van der Waals surface area contributed by atoms with Gasteiger partial charge in [-0.3, -0.25) is 0 Å². The molecule has 0 aromatic rings. The first-order valence-electron chi connectivity index (χ1n) is 5.95. The van der Waals surface area contributed by atoms with Crippen molar-refractivity contribution in [1.29, 1.82) is 0 Å². The Labute approximate surface area is 88.4 Å². The summed E-state index contributed by atoms with van der Waals surface area (Å²) in [6, 6.07) is 0. The Morgan fingerprint density at radius 3 is 1.36 bits per heavy atom. The van der Waals surface area contributed by atoms with E-state index in [1.54, 1.807) is 0 Å². The van der Waals surface area contributed by atoms with Gasteiger partial charge in [0, 0.05) is 0 Å². The van der Waals surface area contributed by atoms with E-state index in [4.69, 9.17) is 0 Å². The summed E-state index contributed by atoms with van der Waals surface area (Å²) in [5, 5.41) is 0. The van der Waals surface area contributed by atoms with E-state index in [9.17, 15) is 0 Å². The first kappa shape index (κ1) is 11.3. The standard InChI is InChI=1S/C14H22/c1-2-4-6-8-10-12-14-13-11-9-7-5-3-1/h1-2,5-8H,3-4,9-14H2/b2-1+,7-5+,8-6?. The zero-order valence-electron chi connectivity index (χ0n) is 9.12. The van der Waals surface area contributed by atoms with Crippen LogP contribution in [0.5, 0.6) is 0 Å². The lowest BCUT2D eigenvalue weighted by atomic mass is 10.1. The van der Waals surface area contributed by atoms with Crippen molar-refractivity contribution < 1.29 is 0 Å². The molecule has 14 heavy (non-hydrogen) atoms. The van der Waals surface area contributed by atoms with Crippen LogP contribution in [0.2, 0.25) is 0 Å². The van der Waals surface area contributed by atoms with Crippen LogP contribution in [0.3, 0.4) is 0 Å². The molecule has 0 heteroatoms. The summed E-state index contributed by atoms with van der Waals surface area (Å²) in [5.74, 6) is 0. The van der Waals surface area contributed by atoms with Crippen molar-refractivity contribution in [3.05, 3.63) is 36.5 Å². The third-order valence-electron chi connectivity index (χ3n) is 2.54. The van der Waals surface area contributed by atoms with Gasteiger partial charge in [0.1, 0.15) is 0 Å². The van der Waals surface area contributed by atoms with E-state index in [0.29, 0.717) is 0 Å². The fourth-order valence-electron chi connectivity index (χ4n) is 1.66. The van der Waals surface area contributed by atoms with Gasteiger partial charge in [-0.25, -0.2) is 0 Å². The monoisotopic (exact) mass is 190 g/mol. The molecular weight excluding hydrogens is 168 g/mol. The summed E-state index contributed by atoms with van der Waals surface area (Å²) in [5.41, 5.74) is 0. The van der Waals surface area contributed by atoms with Gasteiger partial charge in [-0.2, -0.15) is 0 Å². The van der Waals surface area contributed by atoms with Gasteiger partial charge in [0.15, 0.2) is 0 Å². The topological polar surface area (TPSA) is 0 Å². The van der Waals surface area contributed by atoms with E-state index < -0.39 is 0 Å². The highest BCUT2D eigenvalue weighted by Gasteiger charge is 1.87. The highest BCUT2D eigenvalue weighted by Crippen LogP contribution is 2.07. The van der Waals surface area contributed by atoms with E-state index in [0.717, 1.165) is 12.8 Å². The molecular formula is C14H22. The van der Waals surface area contributed by atoms with Crippen LogP contribution in [-0.4, -0.2) is 0 Å². The minimum absolute atomic E-state index is 1.10. The second kappa shape index (κ2) is 8.80. The average Bonchev–Trinajstić information content (AvgIpc) is 2.22. The van der Waals surface area contributed by atoms with Crippen molar-refractivity contribution in [3.8, 4) is 0 Å². The lowest BCUT2D eigenvalue weighted by molar-refractivity contribution is 0.651. The van der Waals surface area contributed by atoms with E-state index in [-0.39, 0.29) is 0 Å². The van der Waals surface area contributed by atoms with Gasteiger partial charge in [0.25, 0.3) is 0 Å². The fourth-order valence-corrected chi connectivity index (χ4v) is 1.66. The molecule has 1 aliphatic carbocycles. The molecule has 1 aliphatic rings. The molecule has 0 aliphatic heterocycles. The molecule has 78 valence electrons. The maximum Gasteiger partial charge on any atom is -0.0169 e. The van der Waals surface area contributed by atoms with Crippen LogP contribution < -0.4 is 0 Å². The van der Waals surface area contributed by atoms with Crippen LogP contribution in [0.4, 0.5) is 0 Å². The first-order valence-corrected chi connectivity index (χ1v) is 5.95. The Morgan fingerprint density at radius 2 is 0.857 bits per heavy atom. The van der Waals surface area contributed by atoms with Crippen molar-refractivity contribution in [3.63, 3.8) is 0 Å². The van der Waals surface area contributed by atoms with E-state index in [1.807, 2.05) is 0 Å². The predicted octanol–water partition coefficient (Wildman–Crippen LogP) is 4.79. The van der Waals surface area contributed by atoms with Crippen molar-refractivity contribution >= 4 is 0 Å². The molecule has 0 heterocycles. The van der Waals surface area contributed by atoms with Crippen LogP contribution in [0.25, 0.3) is 0 Å². The number of rotatable bonds is 0. The highest BCUT2D eigenvalue weighted by atomic mass is 13.9. The second-order valence-electron chi connectivity index (χ2n) is 3.88. The summed E-state index contributed by atoms with van der Waals surface area (Å²) in [6.45, 7) is 0. The SMILES string of the molecule is C1=CCCCCCC/C=C/C/C=C/C1. The summed E-state index contributed by atoms with van der Waals surface area (Å²) >= 11 is 0. The van der Waals surface area contributed by atoms with Crippen LogP contribution in [0, 0.1) is 0 Å². The Balaban J connectivity index is 2.26. The average molecular weight is 190 g/mol. The molecule has 0 fully saturated rings. The third kappa shape index (κ3) is 6.71. The minimum atomic E-state index is 1.10. The Hall–Kier alpha value is -0.780.